The molecule has 0 amide bonds. The van der Waals surface area contributed by atoms with Gasteiger partial charge in [-0.25, -0.2) is 17.9 Å². The predicted octanol–water partition coefficient (Wildman–Crippen LogP) is 1.57. The maximum absolute atomic E-state index is 12.2. The van der Waals surface area contributed by atoms with E-state index in [0.717, 1.165) is 0 Å². The van der Waals surface area contributed by atoms with Gasteiger partial charge in [0.1, 0.15) is 4.90 Å². The molecule has 20 heavy (non-hydrogen) atoms. The standard InChI is InChI=1S/C12H12N2O5S/c1-8-7-11(19-13-8)14-20(16,17)10-6-4-3-5-9(10)12(15)18-2/h3-7,14H,1-2H3. The topological polar surface area (TPSA) is 98.5 Å². The molecule has 0 saturated heterocycles. The van der Waals surface area contributed by atoms with Crippen LogP contribution in [0.1, 0.15) is 16.1 Å². The molecular formula is C12H12N2O5S. The fourth-order valence-electron chi connectivity index (χ4n) is 1.58. The van der Waals surface area contributed by atoms with Gasteiger partial charge in [0.15, 0.2) is 0 Å². The number of aryl methyl sites for hydroxylation is 1. The molecule has 0 spiro atoms. The van der Waals surface area contributed by atoms with Crippen molar-refractivity contribution in [2.24, 2.45) is 0 Å². The van der Waals surface area contributed by atoms with Crippen molar-refractivity contribution in [1.29, 1.82) is 0 Å². The average Bonchev–Trinajstić information content (AvgIpc) is 2.82. The molecule has 2 aromatic rings. The summed E-state index contributed by atoms with van der Waals surface area (Å²) in [7, 11) is -2.79. The average molecular weight is 296 g/mol. The van der Waals surface area contributed by atoms with Crippen molar-refractivity contribution in [1.82, 2.24) is 5.16 Å². The SMILES string of the molecule is COC(=O)c1ccccc1S(=O)(=O)Nc1cc(C)no1. The van der Waals surface area contributed by atoms with Crippen molar-refractivity contribution in [3.05, 3.63) is 41.6 Å². The van der Waals surface area contributed by atoms with Gasteiger partial charge < -0.3 is 9.26 Å². The first-order valence-electron chi connectivity index (χ1n) is 5.57. The maximum atomic E-state index is 12.2. The Morgan fingerprint density at radius 3 is 2.65 bits per heavy atom. The van der Waals surface area contributed by atoms with E-state index in [-0.39, 0.29) is 16.3 Å². The summed E-state index contributed by atoms with van der Waals surface area (Å²) in [5.74, 6) is -0.762. The molecule has 0 bridgehead atoms. The number of hydrogen-bond acceptors (Lipinski definition) is 6. The van der Waals surface area contributed by atoms with E-state index in [4.69, 9.17) is 4.52 Å². The Labute approximate surface area is 115 Å². The Kier molecular flexibility index (Phi) is 3.75. The second-order valence-corrected chi connectivity index (χ2v) is 5.58. The van der Waals surface area contributed by atoms with Gasteiger partial charge in [-0.15, -0.1) is 0 Å². The molecule has 7 nitrogen and oxygen atoms in total. The fraction of sp³-hybridized carbons (Fsp3) is 0.167. The molecule has 2 rings (SSSR count). The highest BCUT2D eigenvalue weighted by Gasteiger charge is 2.23. The summed E-state index contributed by atoms with van der Waals surface area (Å²) in [6, 6.07) is 7.15. The van der Waals surface area contributed by atoms with Crippen molar-refractivity contribution in [2.45, 2.75) is 11.8 Å². The Morgan fingerprint density at radius 1 is 1.35 bits per heavy atom. The summed E-state index contributed by atoms with van der Waals surface area (Å²) in [6.07, 6.45) is 0. The Hall–Kier alpha value is -2.35. The van der Waals surface area contributed by atoms with E-state index in [1.54, 1.807) is 13.0 Å². The molecule has 1 aromatic heterocycles. The lowest BCUT2D eigenvalue weighted by molar-refractivity contribution is 0.0596. The minimum atomic E-state index is -3.97. The monoisotopic (exact) mass is 296 g/mol. The van der Waals surface area contributed by atoms with Crippen molar-refractivity contribution in [3.8, 4) is 0 Å². The molecule has 1 heterocycles. The number of nitrogens with one attached hydrogen (secondary N) is 1. The number of hydrogen-bond donors (Lipinski definition) is 1. The second kappa shape index (κ2) is 5.33. The van der Waals surface area contributed by atoms with Crippen LogP contribution in [-0.4, -0.2) is 26.7 Å². The molecule has 8 heteroatoms. The summed E-state index contributed by atoms with van der Waals surface area (Å²) in [6.45, 7) is 1.66. The van der Waals surface area contributed by atoms with Crippen LogP contribution in [0.2, 0.25) is 0 Å². The van der Waals surface area contributed by atoms with Gasteiger partial charge in [0.05, 0.1) is 18.4 Å². The lowest BCUT2D eigenvalue weighted by Gasteiger charge is -2.08. The molecule has 106 valence electrons. The predicted molar refractivity (Wildman–Crippen MR) is 69.8 cm³/mol. The maximum Gasteiger partial charge on any atom is 0.339 e. The number of methoxy groups -OCH3 is 1. The van der Waals surface area contributed by atoms with Crippen molar-refractivity contribution in [2.75, 3.05) is 11.8 Å². The van der Waals surface area contributed by atoms with Gasteiger partial charge in [-0.1, -0.05) is 17.3 Å². The summed E-state index contributed by atoms with van der Waals surface area (Å²) < 4.78 is 36.1. The van der Waals surface area contributed by atoms with Gasteiger partial charge in [0.2, 0.25) is 5.88 Å². The molecule has 0 aliphatic heterocycles. The highest BCUT2D eigenvalue weighted by molar-refractivity contribution is 7.92. The van der Waals surface area contributed by atoms with Crippen LogP contribution in [0.25, 0.3) is 0 Å². The van der Waals surface area contributed by atoms with Crippen LogP contribution in [0.3, 0.4) is 0 Å². The normalized spacial score (nSPS) is 11.1. The largest absolute Gasteiger partial charge is 0.465 e. The third-order valence-electron chi connectivity index (χ3n) is 2.44. The Bertz CT molecular complexity index is 736. The first-order chi connectivity index (χ1) is 9.44. The number of rotatable bonds is 4. The molecule has 0 fully saturated rings. The van der Waals surface area contributed by atoms with Gasteiger partial charge in [-0.05, 0) is 19.1 Å². The number of sulfonamides is 1. The second-order valence-electron chi connectivity index (χ2n) is 3.93. The highest BCUT2D eigenvalue weighted by Crippen LogP contribution is 2.20. The summed E-state index contributed by atoms with van der Waals surface area (Å²) in [5, 5.41) is 3.57. The Morgan fingerprint density at radius 2 is 2.05 bits per heavy atom. The molecule has 0 aliphatic carbocycles. The van der Waals surface area contributed by atoms with Crippen molar-refractivity contribution >= 4 is 21.9 Å². The lowest BCUT2D eigenvalue weighted by atomic mass is 10.2. The smallest absolute Gasteiger partial charge is 0.339 e. The summed E-state index contributed by atoms with van der Waals surface area (Å²) in [5.41, 5.74) is 0.475. The zero-order valence-electron chi connectivity index (χ0n) is 10.8. The van der Waals surface area contributed by atoms with Crippen LogP contribution >= 0.6 is 0 Å². The lowest BCUT2D eigenvalue weighted by Crippen LogP contribution is -2.17. The van der Waals surface area contributed by atoms with Gasteiger partial charge in [-0.3, -0.25) is 0 Å². The zero-order chi connectivity index (χ0) is 14.8. The third-order valence-corrected chi connectivity index (χ3v) is 3.85. The van der Waals surface area contributed by atoms with Crippen molar-refractivity contribution in [3.63, 3.8) is 0 Å². The minimum absolute atomic E-state index is 0.0258. The van der Waals surface area contributed by atoms with Crippen molar-refractivity contribution < 1.29 is 22.5 Å². The van der Waals surface area contributed by atoms with Crippen LogP contribution in [0.5, 0.6) is 0 Å². The first-order valence-corrected chi connectivity index (χ1v) is 7.06. The first kappa shape index (κ1) is 14.1. The van der Waals surface area contributed by atoms with Crippen LogP contribution in [-0.2, 0) is 14.8 Å². The molecule has 0 saturated carbocycles. The number of nitrogens with zero attached hydrogens (tertiary/aromatic N) is 1. The zero-order valence-corrected chi connectivity index (χ0v) is 11.6. The van der Waals surface area contributed by atoms with Gasteiger partial charge in [-0.2, -0.15) is 0 Å². The van der Waals surface area contributed by atoms with E-state index in [1.165, 1.54) is 31.4 Å². The molecule has 1 aromatic carbocycles. The van der Waals surface area contributed by atoms with Crippen LogP contribution < -0.4 is 4.72 Å². The molecule has 0 atom stereocenters. The fourth-order valence-corrected chi connectivity index (χ4v) is 2.75. The summed E-state index contributed by atoms with van der Waals surface area (Å²) >= 11 is 0. The number of anilines is 1. The van der Waals surface area contributed by atoms with E-state index < -0.39 is 16.0 Å². The third kappa shape index (κ3) is 2.80. The quantitative estimate of drug-likeness (QED) is 0.860. The highest BCUT2D eigenvalue weighted by atomic mass is 32.2. The van der Waals surface area contributed by atoms with Crippen LogP contribution in [0.4, 0.5) is 5.88 Å². The number of ether oxygens (including phenoxy) is 1. The minimum Gasteiger partial charge on any atom is -0.465 e. The Balaban J connectivity index is 2.42. The van der Waals surface area contributed by atoms with Gasteiger partial charge in [0, 0.05) is 6.07 Å². The van der Waals surface area contributed by atoms with Gasteiger partial charge in [0.25, 0.3) is 10.0 Å². The van der Waals surface area contributed by atoms with E-state index >= 15 is 0 Å². The number of carbonyl (C=O) groups excluding carboxylic acids is 1. The van der Waals surface area contributed by atoms with Crippen LogP contribution in [0.15, 0.2) is 39.8 Å². The number of aromatic nitrogens is 1. The van der Waals surface area contributed by atoms with E-state index in [9.17, 15) is 13.2 Å². The van der Waals surface area contributed by atoms with E-state index in [2.05, 4.69) is 14.6 Å². The molecule has 0 unspecified atom stereocenters. The number of carbonyl (C=O) groups is 1. The molecule has 0 radical (unpaired) electrons. The number of esters is 1. The van der Waals surface area contributed by atoms with Crippen LogP contribution in [0, 0.1) is 6.92 Å². The molecular weight excluding hydrogens is 284 g/mol. The number of benzene rings is 1. The summed E-state index contributed by atoms with van der Waals surface area (Å²) in [4.78, 5) is 11.4. The molecule has 1 N–H and O–H groups in total. The van der Waals surface area contributed by atoms with E-state index in [0.29, 0.717) is 5.69 Å². The van der Waals surface area contributed by atoms with Gasteiger partial charge >= 0.3 is 5.97 Å². The molecule has 0 aliphatic rings. The van der Waals surface area contributed by atoms with E-state index in [1.807, 2.05) is 0 Å².